The van der Waals surface area contributed by atoms with E-state index in [-0.39, 0.29) is 18.0 Å². The van der Waals surface area contributed by atoms with Crippen molar-refractivity contribution in [3.63, 3.8) is 0 Å². The normalized spacial score (nSPS) is 21.1. The van der Waals surface area contributed by atoms with Gasteiger partial charge in [0.15, 0.2) is 0 Å². The molecule has 1 heterocycles. The molecular formula is C16H15BrFNO. The van der Waals surface area contributed by atoms with E-state index in [9.17, 15) is 4.39 Å². The third kappa shape index (κ3) is 2.58. The van der Waals surface area contributed by atoms with E-state index >= 15 is 0 Å². The number of nitrogens with one attached hydrogen (secondary N) is 1. The van der Waals surface area contributed by atoms with Crippen LogP contribution in [0.15, 0.2) is 46.9 Å². The van der Waals surface area contributed by atoms with Crippen molar-refractivity contribution in [1.29, 1.82) is 0 Å². The second kappa shape index (κ2) is 5.54. The quantitative estimate of drug-likeness (QED) is 0.879. The van der Waals surface area contributed by atoms with Crippen LogP contribution in [-0.2, 0) is 0 Å². The van der Waals surface area contributed by atoms with Crippen LogP contribution in [-0.4, -0.2) is 7.05 Å². The van der Waals surface area contributed by atoms with Crippen molar-refractivity contribution < 1.29 is 9.13 Å². The highest BCUT2D eigenvalue weighted by atomic mass is 79.9. The molecule has 1 N–H and O–H groups in total. The third-order valence-electron chi connectivity index (χ3n) is 3.66. The van der Waals surface area contributed by atoms with Gasteiger partial charge in [-0.1, -0.05) is 34.1 Å². The zero-order chi connectivity index (χ0) is 14.1. The predicted octanol–water partition coefficient (Wildman–Crippen LogP) is 4.37. The van der Waals surface area contributed by atoms with E-state index in [1.807, 2.05) is 19.2 Å². The molecule has 0 radical (unpaired) electrons. The van der Waals surface area contributed by atoms with E-state index in [2.05, 4.69) is 27.3 Å². The predicted molar refractivity (Wildman–Crippen MR) is 80.3 cm³/mol. The summed E-state index contributed by atoms with van der Waals surface area (Å²) in [5.41, 5.74) is 2.16. The molecule has 20 heavy (non-hydrogen) atoms. The van der Waals surface area contributed by atoms with Gasteiger partial charge in [0.05, 0.1) is 0 Å². The first-order valence-electron chi connectivity index (χ1n) is 6.56. The van der Waals surface area contributed by atoms with Crippen LogP contribution in [0.2, 0.25) is 0 Å². The maximum Gasteiger partial charge on any atom is 0.126 e. The summed E-state index contributed by atoms with van der Waals surface area (Å²) in [6.07, 6.45) is 0.770. The largest absolute Gasteiger partial charge is 0.485 e. The lowest BCUT2D eigenvalue weighted by molar-refractivity contribution is 0.153. The summed E-state index contributed by atoms with van der Waals surface area (Å²) in [5, 5.41) is 3.32. The van der Waals surface area contributed by atoms with Crippen LogP contribution in [0.3, 0.4) is 0 Å². The molecule has 0 saturated heterocycles. The van der Waals surface area contributed by atoms with E-state index in [4.69, 9.17) is 4.74 Å². The SMILES string of the molecule is CNC1CC(c2ccc(F)cc2)Oc2cc(Br)ccc21. The third-order valence-corrected chi connectivity index (χ3v) is 4.15. The van der Waals surface area contributed by atoms with Crippen molar-refractivity contribution in [1.82, 2.24) is 5.32 Å². The molecule has 2 aromatic carbocycles. The zero-order valence-corrected chi connectivity index (χ0v) is 12.7. The summed E-state index contributed by atoms with van der Waals surface area (Å²) in [4.78, 5) is 0. The number of benzene rings is 2. The summed E-state index contributed by atoms with van der Waals surface area (Å²) in [7, 11) is 1.95. The summed E-state index contributed by atoms with van der Waals surface area (Å²) >= 11 is 3.47. The van der Waals surface area contributed by atoms with Gasteiger partial charge in [-0.3, -0.25) is 0 Å². The van der Waals surface area contributed by atoms with Gasteiger partial charge in [-0.2, -0.15) is 0 Å². The molecule has 0 bridgehead atoms. The lowest BCUT2D eigenvalue weighted by Crippen LogP contribution is -2.26. The minimum atomic E-state index is -0.224. The van der Waals surface area contributed by atoms with Crippen LogP contribution in [0, 0.1) is 5.82 Å². The first kappa shape index (κ1) is 13.6. The fourth-order valence-electron chi connectivity index (χ4n) is 2.60. The molecule has 2 unspecified atom stereocenters. The first-order chi connectivity index (χ1) is 9.67. The van der Waals surface area contributed by atoms with E-state index in [0.717, 1.165) is 27.8 Å². The van der Waals surface area contributed by atoms with Crippen molar-refractivity contribution in [2.75, 3.05) is 7.05 Å². The molecule has 0 aromatic heterocycles. The Bertz CT molecular complexity index is 614. The number of hydrogen-bond donors (Lipinski definition) is 1. The van der Waals surface area contributed by atoms with Crippen LogP contribution in [0.25, 0.3) is 0 Å². The van der Waals surface area contributed by atoms with Crippen LogP contribution < -0.4 is 10.1 Å². The Morgan fingerprint density at radius 3 is 2.65 bits per heavy atom. The average Bonchev–Trinajstić information content (AvgIpc) is 2.46. The molecule has 0 spiro atoms. The molecule has 1 aliphatic rings. The van der Waals surface area contributed by atoms with Gasteiger partial charge in [-0.05, 0) is 36.9 Å². The Hall–Kier alpha value is -1.39. The van der Waals surface area contributed by atoms with E-state index in [1.54, 1.807) is 12.1 Å². The number of halogens is 2. The standard InChI is InChI=1S/C16H15BrFNO/c1-19-14-9-15(10-2-5-12(18)6-3-10)20-16-8-11(17)4-7-13(14)16/h2-8,14-15,19H,9H2,1H3. The smallest absolute Gasteiger partial charge is 0.126 e. The van der Waals surface area contributed by atoms with Gasteiger partial charge in [-0.15, -0.1) is 0 Å². The fourth-order valence-corrected chi connectivity index (χ4v) is 2.94. The van der Waals surface area contributed by atoms with Crippen LogP contribution >= 0.6 is 15.9 Å². The van der Waals surface area contributed by atoms with E-state index in [1.165, 1.54) is 12.1 Å². The molecule has 0 saturated carbocycles. The summed E-state index contributed by atoms with van der Waals surface area (Å²) in [6.45, 7) is 0. The summed E-state index contributed by atoms with van der Waals surface area (Å²) in [5.74, 6) is 0.650. The maximum atomic E-state index is 13.0. The molecule has 104 valence electrons. The van der Waals surface area contributed by atoms with E-state index < -0.39 is 0 Å². The Kier molecular flexibility index (Phi) is 3.76. The number of rotatable bonds is 2. The second-order valence-corrected chi connectivity index (χ2v) is 5.83. The molecule has 0 amide bonds. The molecule has 2 atom stereocenters. The molecule has 3 rings (SSSR count). The molecule has 2 aromatic rings. The summed E-state index contributed by atoms with van der Waals surface area (Å²) in [6, 6.07) is 12.8. The molecule has 0 fully saturated rings. The highest BCUT2D eigenvalue weighted by molar-refractivity contribution is 9.10. The van der Waals surface area contributed by atoms with Crippen molar-refractivity contribution in [3.05, 3.63) is 63.9 Å². The minimum absolute atomic E-state index is 0.0603. The molecule has 4 heteroatoms. The van der Waals surface area contributed by atoms with Crippen molar-refractivity contribution >= 4 is 15.9 Å². The monoisotopic (exact) mass is 335 g/mol. The number of fused-ring (bicyclic) bond motifs is 1. The molecule has 1 aliphatic heterocycles. The van der Waals surface area contributed by atoms with Crippen molar-refractivity contribution in [2.45, 2.75) is 18.6 Å². The first-order valence-corrected chi connectivity index (χ1v) is 7.35. The highest BCUT2D eigenvalue weighted by Crippen LogP contribution is 2.41. The van der Waals surface area contributed by atoms with Gasteiger partial charge < -0.3 is 10.1 Å². The van der Waals surface area contributed by atoms with Gasteiger partial charge in [0.25, 0.3) is 0 Å². The van der Waals surface area contributed by atoms with Gasteiger partial charge in [0.2, 0.25) is 0 Å². The Morgan fingerprint density at radius 1 is 1.20 bits per heavy atom. The lowest BCUT2D eigenvalue weighted by atomic mass is 9.93. The topological polar surface area (TPSA) is 21.3 Å². The van der Waals surface area contributed by atoms with Crippen molar-refractivity contribution in [2.24, 2.45) is 0 Å². The zero-order valence-electron chi connectivity index (χ0n) is 11.1. The molecular weight excluding hydrogens is 321 g/mol. The van der Waals surface area contributed by atoms with Gasteiger partial charge in [0, 0.05) is 22.5 Å². The summed E-state index contributed by atoms with van der Waals surface area (Å²) < 4.78 is 20.1. The minimum Gasteiger partial charge on any atom is -0.485 e. The number of ether oxygens (including phenoxy) is 1. The highest BCUT2D eigenvalue weighted by Gasteiger charge is 2.28. The fraction of sp³-hybridized carbons (Fsp3) is 0.250. The van der Waals surface area contributed by atoms with Crippen LogP contribution in [0.5, 0.6) is 5.75 Å². The van der Waals surface area contributed by atoms with Gasteiger partial charge in [-0.25, -0.2) is 4.39 Å². The van der Waals surface area contributed by atoms with Crippen LogP contribution in [0.1, 0.15) is 29.7 Å². The number of hydrogen-bond acceptors (Lipinski definition) is 2. The van der Waals surface area contributed by atoms with Crippen molar-refractivity contribution in [3.8, 4) is 5.75 Å². The Balaban J connectivity index is 1.95. The van der Waals surface area contributed by atoms with Gasteiger partial charge >= 0.3 is 0 Å². The van der Waals surface area contributed by atoms with Crippen LogP contribution in [0.4, 0.5) is 4.39 Å². The maximum absolute atomic E-state index is 13.0. The molecule has 2 nitrogen and oxygen atoms in total. The average molecular weight is 336 g/mol. The second-order valence-electron chi connectivity index (χ2n) is 4.92. The Morgan fingerprint density at radius 2 is 1.95 bits per heavy atom. The van der Waals surface area contributed by atoms with E-state index in [0.29, 0.717) is 0 Å². The Labute approximate surface area is 126 Å². The van der Waals surface area contributed by atoms with Gasteiger partial charge in [0.1, 0.15) is 17.7 Å². The molecule has 0 aliphatic carbocycles. The lowest BCUT2D eigenvalue weighted by Gasteiger charge is -2.32.